The van der Waals surface area contributed by atoms with Crippen molar-refractivity contribution < 1.29 is 9.53 Å². The molecular formula is C13H22N4O2. The van der Waals surface area contributed by atoms with Crippen molar-refractivity contribution in [1.82, 2.24) is 19.4 Å². The topological polar surface area (TPSA) is 50.6 Å². The predicted octanol–water partition coefficient (Wildman–Crippen LogP) is 0.101. The molecule has 0 bridgehead atoms. The van der Waals surface area contributed by atoms with Crippen LogP contribution in [0.5, 0.6) is 0 Å². The smallest absolute Gasteiger partial charge is 0.248 e. The Hall–Kier alpha value is -1.40. The highest BCUT2D eigenvalue weighted by molar-refractivity contribution is 5.77. The van der Waals surface area contributed by atoms with Gasteiger partial charge in [0.25, 0.3) is 0 Å². The zero-order valence-corrected chi connectivity index (χ0v) is 11.7. The van der Waals surface area contributed by atoms with E-state index in [4.69, 9.17) is 4.74 Å². The van der Waals surface area contributed by atoms with Crippen LogP contribution in [0.15, 0.2) is 12.5 Å². The maximum atomic E-state index is 11.8. The fourth-order valence-electron chi connectivity index (χ4n) is 2.36. The van der Waals surface area contributed by atoms with Crippen LogP contribution in [0.25, 0.3) is 0 Å². The first-order chi connectivity index (χ1) is 9.20. The van der Waals surface area contributed by atoms with Gasteiger partial charge in [0.2, 0.25) is 5.91 Å². The SMILES string of the molecule is COCC(=O)N1CCCN(Cc2cncn2C)CC1. The van der Waals surface area contributed by atoms with E-state index in [1.807, 2.05) is 29.0 Å². The molecule has 1 saturated heterocycles. The first kappa shape index (κ1) is 14.0. The summed E-state index contributed by atoms with van der Waals surface area (Å²) < 4.78 is 6.95. The molecule has 1 fully saturated rings. The van der Waals surface area contributed by atoms with Crippen LogP contribution in [0.3, 0.4) is 0 Å². The monoisotopic (exact) mass is 266 g/mol. The van der Waals surface area contributed by atoms with Crippen LogP contribution in [0.2, 0.25) is 0 Å². The van der Waals surface area contributed by atoms with E-state index in [9.17, 15) is 4.79 Å². The minimum atomic E-state index is 0.0879. The normalized spacial score (nSPS) is 17.5. The number of methoxy groups -OCH3 is 1. The molecule has 1 amide bonds. The second kappa shape index (κ2) is 6.68. The Morgan fingerprint density at radius 2 is 2.21 bits per heavy atom. The standard InChI is InChI=1S/C13H22N4O2/c1-15-11-14-8-12(15)9-16-4-3-5-17(7-6-16)13(18)10-19-2/h8,11H,3-7,9-10H2,1-2H3. The molecule has 6 heteroatoms. The van der Waals surface area contributed by atoms with Crippen LogP contribution in [-0.2, 0) is 23.1 Å². The fourth-order valence-corrected chi connectivity index (χ4v) is 2.36. The van der Waals surface area contributed by atoms with E-state index in [1.54, 1.807) is 7.11 Å². The lowest BCUT2D eigenvalue weighted by molar-refractivity contribution is -0.135. The number of carbonyl (C=O) groups excluding carboxylic acids is 1. The van der Waals surface area contributed by atoms with Gasteiger partial charge >= 0.3 is 0 Å². The molecule has 0 unspecified atom stereocenters. The fraction of sp³-hybridized carbons (Fsp3) is 0.692. The van der Waals surface area contributed by atoms with Gasteiger partial charge in [0.15, 0.2) is 0 Å². The molecule has 19 heavy (non-hydrogen) atoms. The summed E-state index contributed by atoms with van der Waals surface area (Å²) in [7, 11) is 3.57. The van der Waals surface area contributed by atoms with Crippen molar-refractivity contribution in [2.24, 2.45) is 7.05 Å². The molecule has 0 spiro atoms. The van der Waals surface area contributed by atoms with Crippen LogP contribution in [-0.4, -0.2) is 65.2 Å². The third-order valence-electron chi connectivity index (χ3n) is 3.51. The first-order valence-electron chi connectivity index (χ1n) is 6.65. The number of amides is 1. The molecule has 1 aliphatic rings. The van der Waals surface area contributed by atoms with E-state index in [2.05, 4.69) is 9.88 Å². The third-order valence-corrected chi connectivity index (χ3v) is 3.51. The summed E-state index contributed by atoms with van der Waals surface area (Å²) in [5, 5.41) is 0. The van der Waals surface area contributed by atoms with E-state index in [0.29, 0.717) is 0 Å². The second-order valence-electron chi connectivity index (χ2n) is 4.94. The molecular weight excluding hydrogens is 244 g/mol. The predicted molar refractivity (Wildman–Crippen MR) is 71.6 cm³/mol. The number of aryl methyl sites for hydroxylation is 1. The summed E-state index contributed by atoms with van der Waals surface area (Å²) in [6.07, 6.45) is 4.73. The molecule has 0 aliphatic carbocycles. The first-order valence-corrected chi connectivity index (χ1v) is 6.65. The van der Waals surface area contributed by atoms with Gasteiger partial charge in [-0.1, -0.05) is 0 Å². The van der Waals surface area contributed by atoms with Gasteiger partial charge in [0.05, 0.1) is 12.0 Å². The molecule has 0 aromatic carbocycles. The summed E-state index contributed by atoms with van der Waals surface area (Å²) in [6.45, 7) is 4.59. The average molecular weight is 266 g/mol. The average Bonchev–Trinajstić information content (AvgIpc) is 2.65. The summed E-state index contributed by atoms with van der Waals surface area (Å²) in [5.74, 6) is 0.0879. The van der Waals surface area contributed by atoms with Crippen LogP contribution in [0.4, 0.5) is 0 Å². The highest BCUT2D eigenvalue weighted by Gasteiger charge is 2.19. The van der Waals surface area contributed by atoms with Gasteiger partial charge in [-0.15, -0.1) is 0 Å². The molecule has 0 N–H and O–H groups in total. The molecule has 1 aromatic rings. The van der Waals surface area contributed by atoms with Crippen molar-refractivity contribution in [2.75, 3.05) is 39.9 Å². The Morgan fingerprint density at radius 1 is 1.37 bits per heavy atom. The van der Waals surface area contributed by atoms with E-state index < -0.39 is 0 Å². The minimum absolute atomic E-state index is 0.0879. The lowest BCUT2D eigenvalue weighted by Crippen LogP contribution is -2.37. The summed E-state index contributed by atoms with van der Waals surface area (Å²) in [6, 6.07) is 0. The molecule has 2 heterocycles. The maximum Gasteiger partial charge on any atom is 0.248 e. The Balaban J connectivity index is 1.86. The minimum Gasteiger partial charge on any atom is -0.375 e. The number of rotatable bonds is 4. The lowest BCUT2D eigenvalue weighted by Gasteiger charge is -2.21. The summed E-state index contributed by atoms with van der Waals surface area (Å²) in [5.41, 5.74) is 1.21. The van der Waals surface area contributed by atoms with Crippen LogP contribution in [0, 0.1) is 0 Å². The van der Waals surface area contributed by atoms with E-state index >= 15 is 0 Å². The van der Waals surface area contributed by atoms with Crippen LogP contribution >= 0.6 is 0 Å². The largest absolute Gasteiger partial charge is 0.375 e. The van der Waals surface area contributed by atoms with Gasteiger partial charge in [-0.3, -0.25) is 9.69 Å². The van der Waals surface area contributed by atoms with E-state index in [1.165, 1.54) is 5.69 Å². The highest BCUT2D eigenvalue weighted by atomic mass is 16.5. The second-order valence-corrected chi connectivity index (χ2v) is 4.94. The van der Waals surface area contributed by atoms with Gasteiger partial charge in [-0.05, 0) is 6.42 Å². The van der Waals surface area contributed by atoms with Gasteiger partial charge in [0.1, 0.15) is 6.61 Å². The zero-order chi connectivity index (χ0) is 13.7. The molecule has 6 nitrogen and oxygen atoms in total. The number of ether oxygens (including phenoxy) is 1. The zero-order valence-electron chi connectivity index (χ0n) is 11.7. The Kier molecular flexibility index (Phi) is 4.93. The number of aromatic nitrogens is 2. The maximum absolute atomic E-state index is 11.8. The van der Waals surface area contributed by atoms with E-state index in [-0.39, 0.29) is 12.5 Å². The molecule has 0 radical (unpaired) electrons. The van der Waals surface area contributed by atoms with Crippen molar-refractivity contribution in [2.45, 2.75) is 13.0 Å². The summed E-state index contributed by atoms with van der Waals surface area (Å²) >= 11 is 0. The van der Waals surface area contributed by atoms with Crippen molar-refractivity contribution in [3.63, 3.8) is 0 Å². The van der Waals surface area contributed by atoms with E-state index in [0.717, 1.165) is 39.1 Å². The molecule has 106 valence electrons. The Labute approximate surface area is 114 Å². The lowest BCUT2D eigenvalue weighted by atomic mass is 10.3. The molecule has 2 rings (SSSR count). The highest BCUT2D eigenvalue weighted by Crippen LogP contribution is 2.08. The Bertz CT molecular complexity index is 419. The molecule has 1 aliphatic heterocycles. The number of nitrogens with zero attached hydrogens (tertiary/aromatic N) is 4. The van der Waals surface area contributed by atoms with Crippen molar-refractivity contribution >= 4 is 5.91 Å². The Morgan fingerprint density at radius 3 is 2.89 bits per heavy atom. The number of imidazole rings is 1. The molecule has 0 atom stereocenters. The van der Waals surface area contributed by atoms with Gasteiger partial charge in [-0.2, -0.15) is 0 Å². The van der Waals surface area contributed by atoms with Gasteiger partial charge in [-0.25, -0.2) is 4.98 Å². The number of hydrogen-bond acceptors (Lipinski definition) is 4. The van der Waals surface area contributed by atoms with Crippen molar-refractivity contribution in [1.29, 1.82) is 0 Å². The number of carbonyl (C=O) groups is 1. The summed E-state index contributed by atoms with van der Waals surface area (Å²) in [4.78, 5) is 20.2. The van der Waals surface area contributed by atoms with Crippen LogP contribution < -0.4 is 0 Å². The van der Waals surface area contributed by atoms with Crippen molar-refractivity contribution in [3.05, 3.63) is 18.2 Å². The van der Waals surface area contributed by atoms with Crippen molar-refractivity contribution in [3.8, 4) is 0 Å². The molecule has 0 saturated carbocycles. The number of hydrogen-bond donors (Lipinski definition) is 0. The van der Waals surface area contributed by atoms with Gasteiger partial charge < -0.3 is 14.2 Å². The van der Waals surface area contributed by atoms with Crippen LogP contribution in [0.1, 0.15) is 12.1 Å². The third kappa shape index (κ3) is 3.78. The van der Waals surface area contributed by atoms with Gasteiger partial charge in [0, 0.05) is 53.1 Å². The quantitative estimate of drug-likeness (QED) is 0.775. The molecule has 1 aromatic heterocycles.